The van der Waals surface area contributed by atoms with Gasteiger partial charge in [0.2, 0.25) is 0 Å². The summed E-state index contributed by atoms with van der Waals surface area (Å²) in [5, 5.41) is 0. The van der Waals surface area contributed by atoms with Gasteiger partial charge in [0, 0.05) is 13.1 Å². The van der Waals surface area contributed by atoms with E-state index in [0.717, 1.165) is 19.5 Å². The molecule has 2 heterocycles. The van der Waals surface area contributed by atoms with E-state index in [0.29, 0.717) is 17.5 Å². The fourth-order valence-electron chi connectivity index (χ4n) is 2.76. The molecule has 1 aliphatic rings. The van der Waals surface area contributed by atoms with E-state index in [-0.39, 0.29) is 11.6 Å². The molecule has 0 spiro atoms. The smallest absolute Gasteiger partial charge is 0.356 e. The van der Waals surface area contributed by atoms with E-state index in [9.17, 15) is 9.59 Å². The fraction of sp³-hybridized carbons (Fsp3) is 0.533. The van der Waals surface area contributed by atoms with Crippen LogP contribution in [-0.2, 0) is 4.74 Å². The largest absolute Gasteiger partial charge is 0.464 e. The van der Waals surface area contributed by atoms with Crippen molar-refractivity contribution in [2.75, 3.05) is 20.2 Å². The lowest BCUT2D eigenvalue weighted by molar-refractivity contribution is 0.0591. The Balaban J connectivity index is 2.18. The van der Waals surface area contributed by atoms with Crippen LogP contribution >= 0.6 is 0 Å². The molecular formula is C15H20N2O3. The number of rotatable bonds is 2. The SMILES string of the molecule is COC(=O)c1cccc(C(=O)N2CC(C)CC(C)C2)n1. The molecule has 1 aromatic heterocycles. The normalized spacial score (nSPS) is 22.4. The Labute approximate surface area is 118 Å². The quantitative estimate of drug-likeness (QED) is 0.775. The van der Waals surface area contributed by atoms with Crippen molar-refractivity contribution >= 4 is 11.9 Å². The Hall–Kier alpha value is -1.91. The molecule has 2 rings (SSSR count). The lowest BCUT2D eigenvalue weighted by Crippen LogP contribution is -2.42. The first-order valence-corrected chi connectivity index (χ1v) is 6.86. The van der Waals surface area contributed by atoms with E-state index in [2.05, 4.69) is 23.6 Å². The van der Waals surface area contributed by atoms with Crippen LogP contribution in [0, 0.1) is 11.8 Å². The topological polar surface area (TPSA) is 59.5 Å². The highest BCUT2D eigenvalue weighted by molar-refractivity contribution is 5.94. The summed E-state index contributed by atoms with van der Waals surface area (Å²) in [6, 6.07) is 4.84. The summed E-state index contributed by atoms with van der Waals surface area (Å²) in [6.45, 7) is 5.78. The molecule has 0 aromatic carbocycles. The lowest BCUT2D eigenvalue weighted by atomic mass is 9.92. The molecule has 5 heteroatoms. The number of hydrogen-bond donors (Lipinski definition) is 0. The number of nitrogens with zero attached hydrogens (tertiary/aromatic N) is 2. The monoisotopic (exact) mass is 276 g/mol. The first-order valence-electron chi connectivity index (χ1n) is 6.86. The van der Waals surface area contributed by atoms with Gasteiger partial charge in [-0.05, 0) is 30.4 Å². The molecule has 1 aliphatic heterocycles. The third-order valence-electron chi connectivity index (χ3n) is 3.52. The number of piperidine rings is 1. The molecule has 2 atom stereocenters. The van der Waals surface area contributed by atoms with Crippen molar-refractivity contribution in [3.63, 3.8) is 0 Å². The predicted octanol–water partition coefficient (Wildman–Crippen LogP) is 1.99. The maximum atomic E-state index is 12.5. The van der Waals surface area contributed by atoms with Crippen molar-refractivity contribution in [2.24, 2.45) is 11.8 Å². The van der Waals surface area contributed by atoms with Crippen LogP contribution in [0.15, 0.2) is 18.2 Å². The van der Waals surface area contributed by atoms with Gasteiger partial charge >= 0.3 is 5.97 Å². The van der Waals surface area contributed by atoms with Gasteiger partial charge in [0.05, 0.1) is 7.11 Å². The zero-order valence-electron chi connectivity index (χ0n) is 12.1. The zero-order valence-corrected chi connectivity index (χ0v) is 12.1. The summed E-state index contributed by atoms with van der Waals surface area (Å²) in [7, 11) is 1.30. The van der Waals surface area contributed by atoms with Crippen molar-refractivity contribution in [2.45, 2.75) is 20.3 Å². The molecule has 108 valence electrons. The Morgan fingerprint density at radius 1 is 1.20 bits per heavy atom. The molecule has 0 saturated carbocycles. The minimum Gasteiger partial charge on any atom is -0.464 e. The average Bonchev–Trinajstić information content (AvgIpc) is 2.44. The van der Waals surface area contributed by atoms with Gasteiger partial charge in [-0.3, -0.25) is 4.79 Å². The van der Waals surface area contributed by atoms with Gasteiger partial charge in [-0.2, -0.15) is 0 Å². The van der Waals surface area contributed by atoms with Gasteiger partial charge < -0.3 is 9.64 Å². The first-order chi connectivity index (χ1) is 9.51. The number of carbonyl (C=O) groups excluding carboxylic acids is 2. The number of hydrogen-bond acceptors (Lipinski definition) is 4. The molecule has 0 bridgehead atoms. The number of esters is 1. The van der Waals surface area contributed by atoms with Crippen LogP contribution in [0.25, 0.3) is 0 Å². The second kappa shape index (κ2) is 6.03. The highest BCUT2D eigenvalue weighted by atomic mass is 16.5. The number of aromatic nitrogens is 1. The first kappa shape index (κ1) is 14.5. The van der Waals surface area contributed by atoms with Gasteiger partial charge in [0.15, 0.2) is 0 Å². The van der Waals surface area contributed by atoms with E-state index < -0.39 is 5.97 Å². The minimum atomic E-state index is -0.528. The summed E-state index contributed by atoms with van der Waals surface area (Å²) in [5.41, 5.74) is 0.464. The number of carbonyl (C=O) groups is 2. The van der Waals surface area contributed by atoms with Gasteiger partial charge in [-0.25, -0.2) is 9.78 Å². The maximum absolute atomic E-state index is 12.5. The van der Waals surface area contributed by atoms with Crippen molar-refractivity contribution in [3.8, 4) is 0 Å². The van der Waals surface area contributed by atoms with Crippen LogP contribution in [0.4, 0.5) is 0 Å². The van der Waals surface area contributed by atoms with E-state index in [4.69, 9.17) is 0 Å². The summed E-state index contributed by atoms with van der Waals surface area (Å²) in [6.07, 6.45) is 1.14. The summed E-state index contributed by atoms with van der Waals surface area (Å²) < 4.78 is 4.62. The molecule has 5 nitrogen and oxygen atoms in total. The molecule has 2 unspecified atom stereocenters. The van der Waals surface area contributed by atoms with Crippen molar-refractivity contribution in [3.05, 3.63) is 29.6 Å². The highest BCUT2D eigenvalue weighted by Crippen LogP contribution is 2.22. The van der Waals surface area contributed by atoms with Crippen molar-refractivity contribution in [1.82, 2.24) is 9.88 Å². The Kier molecular flexibility index (Phi) is 4.37. The van der Waals surface area contributed by atoms with Gasteiger partial charge in [-0.1, -0.05) is 19.9 Å². The van der Waals surface area contributed by atoms with Crippen molar-refractivity contribution < 1.29 is 14.3 Å². The van der Waals surface area contributed by atoms with Crippen LogP contribution in [0.5, 0.6) is 0 Å². The lowest BCUT2D eigenvalue weighted by Gasteiger charge is -2.34. The Morgan fingerprint density at radius 2 is 1.80 bits per heavy atom. The van der Waals surface area contributed by atoms with E-state index in [1.165, 1.54) is 7.11 Å². The van der Waals surface area contributed by atoms with E-state index in [1.807, 2.05) is 4.90 Å². The summed E-state index contributed by atoms with van der Waals surface area (Å²) >= 11 is 0. The third-order valence-corrected chi connectivity index (χ3v) is 3.52. The number of likely N-dealkylation sites (tertiary alicyclic amines) is 1. The molecule has 20 heavy (non-hydrogen) atoms. The second-order valence-electron chi connectivity index (χ2n) is 5.56. The number of methoxy groups -OCH3 is 1. The molecule has 1 saturated heterocycles. The van der Waals surface area contributed by atoms with Crippen LogP contribution in [0.2, 0.25) is 0 Å². The van der Waals surface area contributed by atoms with Crippen LogP contribution in [0.3, 0.4) is 0 Å². The molecule has 1 fully saturated rings. The van der Waals surface area contributed by atoms with Gasteiger partial charge in [-0.15, -0.1) is 0 Å². The van der Waals surface area contributed by atoms with Crippen LogP contribution < -0.4 is 0 Å². The maximum Gasteiger partial charge on any atom is 0.356 e. The average molecular weight is 276 g/mol. The fourth-order valence-corrected chi connectivity index (χ4v) is 2.76. The van der Waals surface area contributed by atoms with Gasteiger partial charge in [0.25, 0.3) is 5.91 Å². The van der Waals surface area contributed by atoms with E-state index in [1.54, 1.807) is 18.2 Å². The molecule has 1 amide bonds. The van der Waals surface area contributed by atoms with Gasteiger partial charge in [0.1, 0.15) is 11.4 Å². The molecule has 0 N–H and O–H groups in total. The minimum absolute atomic E-state index is 0.117. The molecule has 0 aliphatic carbocycles. The Morgan fingerprint density at radius 3 is 2.40 bits per heavy atom. The highest BCUT2D eigenvalue weighted by Gasteiger charge is 2.27. The van der Waals surface area contributed by atoms with Crippen LogP contribution in [0.1, 0.15) is 41.2 Å². The number of pyridine rings is 1. The number of amides is 1. The third kappa shape index (κ3) is 3.15. The standard InChI is InChI=1S/C15H20N2O3/c1-10-7-11(2)9-17(8-10)14(18)12-5-4-6-13(16-12)15(19)20-3/h4-6,10-11H,7-9H2,1-3H3. The number of ether oxygens (including phenoxy) is 1. The molecular weight excluding hydrogens is 256 g/mol. The van der Waals surface area contributed by atoms with Crippen molar-refractivity contribution in [1.29, 1.82) is 0 Å². The van der Waals surface area contributed by atoms with E-state index >= 15 is 0 Å². The summed E-state index contributed by atoms with van der Waals surface area (Å²) in [5.74, 6) is 0.340. The zero-order chi connectivity index (χ0) is 14.7. The second-order valence-corrected chi connectivity index (χ2v) is 5.56. The summed E-state index contributed by atoms with van der Waals surface area (Å²) in [4.78, 5) is 29.8. The van der Waals surface area contributed by atoms with Crippen LogP contribution in [-0.4, -0.2) is 42.0 Å². The molecule has 0 radical (unpaired) electrons. The Bertz CT molecular complexity index is 506. The predicted molar refractivity (Wildman–Crippen MR) is 74.4 cm³/mol. The molecule has 1 aromatic rings.